The number of benzene rings is 1. The van der Waals surface area contributed by atoms with Crippen LogP contribution in [0.15, 0.2) is 24.3 Å². The fourth-order valence-corrected chi connectivity index (χ4v) is 5.37. The molecule has 3 atom stereocenters. The lowest BCUT2D eigenvalue weighted by Gasteiger charge is -2.26. The predicted molar refractivity (Wildman–Crippen MR) is 121 cm³/mol. The highest BCUT2D eigenvalue weighted by molar-refractivity contribution is 5.46. The monoisotopic (exact) mass is 410 g/mol. The molecule has 3 aliphatic rings. The van der Waals surface area contributed by atoms with Gasteiger partial charge in [-0.25, -0.2) is 0 Å². The Morgan fingerprint density at radius 1 is 1.07 bits per heavy atom. The van der Waals surface area contributed by atoms with E-state index >= 15 is 0 Å². The number of anilines is 1. The van der Waals surface area contributed by atoms with Crippen LogP contribution in [0.5, 0.6) is 0 Å². The molecule has 30 heavy (non-hydrogen) atoms. The normalized spacial score (nSPS) is 26.3. The van der Waals surface area contributed by atoms with Crippen LogP contribution in [0, 0.1) is 29.1 Å². The summed E-state index contributed by atoms with van der Waals surface area (Å²) in [6, 6.07) is 11.1. The first kappa shape index (κ1) is 21.6. The molecule has 0 aromatic heterocycles. The Morgan fingerprint density at radius 2 is 1.80 bits per heavy atom. The molecule has 4 rings (SSSR count). The van der Waals surface area contributed by atoms with Gasteiger partial charge in [0.15, 0.2) is 0 Å². The molecule has 0 N–H and O–H groups in total. The Kier molecular flexibility index (Phi) is 7.65. The van der Waals surface area contributed by atoms with Crippen LogP contribution < -0.4 is 4.90 Å². The number of fused-ring (bicyclic) bond motifs is 1. The molecule has 1 aromatic rings. The first-order chi connectivity index (χ1) is 14.7. The minimum atomic E-state index is 0.568. The second-order valence-electron chi connectivity index (χ2n) is 9.51. The number of piperidine rings is 2. The van der Waals surface area contributed by atoms with Gasteiger partial charge in [-0.2, -0.15) is 5.26 Å². The summed E-state index contributed by atoms with van der Waals surface area (Å²) in [6.45, 7) is 10.0. The molecule has 2 aliphatic heterocycles. The number of hydrogen-bond donors (Lipinski definition) is 0. The van der Waals surface area contributed by atoms with Crippen molar-refractivity contribution in [1.82, 2.24) is 9.80 Å². The molecule has 2 heterocycles. The molecule has 164 valence electrons. The zero-order chi connectivity index (χ0) is 20.8. The lowest BCUT2D eigenvalue weighted by molar-refractivity contribution is 0.0967. The van der Waals surface area contributed by atoms with Gasteiger partial charge in [-0.3, -0.25) is 4.90 Å². The zero-order valence-corrected chi connectivity index (χ0v) is 18.6. The van der Waals surface area contributed by atoms with E-state index in [2.05, 4.69) is 52.1 Å². The van der Waals surface area contributed by atoms with Gasteiger partial charge in [0, 0.05) is 52.1 Å². The molecule has 1 aromatic carbocycles. The molecule has 1 saturated carbocycles. The van der Waals surface area contributed by atoms with Crippen LogP contribution in [-0.4, -0.2) is 69.3 Å². The molecule has 0 bridgehead atoms. The van der Waals surface area contributed by atoms with Crippen LogP contribution in [-0.2, 0) is 11.3 Å². The SMILES string of the molecule is CN(CCC#N)c1ccc(CN2C[C@@H]3C(COCCCN4CCCCC4)[C@@H]3C2)cc1. The van der Waals surface area contributed by atoms with Crippen molar-refractivity contribution in [1.29, 1.82) is 5.26 Å². The fourth-order valence-electron chi connectivity index (χ4n) is 5.37. The van der Waals surface area contributed by atoms with Crippen LogP contribution in [0.25, 0.3) is 0 Å². The smallest absolute Gasteiger partial charge is 0.0640 e. The summed E-state index contributed by atoms with van der Waals surface area (Å²) < 4.78 is 6.03. The quantitative estimate of drug-likeness (QED) is 0.522. The lowest BCUT2D eigenvalue weighted by atomic mass is 10.1. The van der Waals surface area contributed by atoms with Crippen LogP contribution in [0.1, 0.15) is 37.7 Å². The summed E-state index contributed by atoms with van der Waals surface area (Å²) in [5.74, 6) is 2.54. The fraction of sp³-hybridized carbons (Fsp3) is 0.720. The van der Waals surface area contributed by atoms with Crippen molar-refractivity contribution in [3.05, 3.63) is 29.8 Å². The third-order valence-electron chi connectivity index (χ3n) is 7.31. The van der Waals surface area contributed by atoms with Crippen molar-refractivity contribution >= 4 is 5.69 Å². The highest BCUT2D eigenvalue weighted by atomic mass is 16.5. The summed E-state index contributed by atoms with van der Waals surface area (Å²) in [7, 11) is 2.05. The van der Waals surface area contributed by atoms with Crippen molar-refractivity contribution in [3.63, 3.8) is 0 Å². The second kappa shape index (κ2) is 10.6. The number of ether oxygens (including phenoxy) is 1. The molecular weight excluding hydrogens is 372 g/mol. The van der Waals surface area contributed by atoms with Gasteiger partial charge in [-0.1, -0.05) is 18.6 Å². The predicted octanol–water partition coefficient (Wildman–Crippen LogP) is 3.61. The number of rotatable bonds is 11. The lowest BCUT2D eigenvalue weighted by Crippen LogP contribution is -2.31. The second-order valence-corrected chi connectivity index (χ2v) is 9.51. The highest BCUT2D eigenvalue weighted by Gasteiger charge is 2.55. The summed E-state index contributed by atoms with van der Waals surface area (Å²) >= 11 is 0. The first-order valence-electron chi connectivity index (χ1n) is 11.9. The van der Waals surface area contributed by atoms with Gasteiger partial charge in [-0.05, 0) is 67.8 Å². The third-order valence-corrected chi connectivity index (χ3v) is 7.31. The maximum Gasteiger partial charge on any atom is 0.0640 e. The van der Waals surface area contributed by atoms with E-state index < -0.39 is 0 Å². The number of nitrogens with zero attached hydrogens (tertiary/aromatic N) is 4. The molecule has 5 nitrogen and oxygen atoms in total. The largest absolute Gasteiger partial charge is 0.381 e. The summed E-state index contributed by atoms with van der Waals surface area (Å²) in [5.41, 5.74) is 2.58. The molecule has 0 spiro atoms. The Labute approximate surface area is 182 Å². The maximum atomic E-state index is 8.74. The van der Waals surface area contributed by atoms with E-state index in [4.69, 9.17) is 10.00 Å². The van der Waals surface area contributed by atoms with Crippen molar-refractivity contribution in [3.8, 4) is 6.07 Å². The van der Waals surface area contributed by atoms with Crippen LogP contribution >= 0.6 is 0 Å². The van der Waals surface area contributed by atoms with E-state index in [1.54, 1.807) is 0 Å². The maximum absolute atomic E-state index is 8.74. The molecule has 0 radical (unpaired) electrons. The summed E-state index contributed by atoms with van der Waals surface area (Å²) in [6.07, 6.45) is 5.94. The summed E-state index contributed by atoms with van der Waals surface area (Å²) in [5, 5.41) is 8.74. The summed E-state index contributed by atoms with van der Waals surface area (Å²) in [4.78, 5) is 7.36. The van der Waals surface area contributed by atoms with Crippen LogP contribution in [0.4, 0.5) is 5.69 Å². The van der Waals surface area contributed by atoms with Crippen molar-refractivity contribution in [2.75, 3.05) is 64.4 Å². The van der Waals surface area contributed by atoms with E-state index in [-0.39, 0.29) is 0 Å². The minimum Gasteiger partial charge on any atom is -0.381 e. The highest BCUT2D eigenvalue weighted by Crippen LogP contribution is 2.52. The van der Waals surface area contributed by atoms with E-state index in [0.717, 1.165) is 44.1 Å². The van der Waals surface area contributed by atoms with Gasteiger partial charge in [0.05, 0.1) is 19.1 Å². The van der Waals surface area contributed by atoms with Gasteiger partial charge < -0.3 is 14.5 Å². The Bertz CT molecular complexity index is 682. The van der Waals surface area contributed by atoms with Gasteiger partial charge in [0.25, 0.3) is 0 Å². The average molecular weight is 411 g/mol. The van der Waals surface area contributed by atoms with E-state index in [0.29, 0.717) is 6.42 Å². The standard InChI is InChI=1S/C25H38N4O/c1-27(12-5-11-26)22-9-7-21(8-10-22)17-29-18-23-24(19-29)25(23)20-30-16-6-15-28-13-3-2-4-14-28/h7-10,23-25H,2-6,12-20H2,1H3/t23-,24+,25?. The average Bonchev–Trinajstić information content (AvgIpc) is 3.23. The molecule has 5 heteroatoms. The Morgan fingerprint density at radius 3 is 2.50 bits per heavy atom. The Hall–Kier alpha value is -1.61. The van der Waals surface area contributed by atoms with Gasteiger partial charge in [0.1, 0.15) is 0 Å². The van der Waals surface area contributed by atoms with E-state index in [9.17, 15) is 0 Å². The van der Waals surface area contributed by atoms with Crippen LogP contribution in [0.3, 0.4) is 0 Å². The van der Waals surface area contributed by atoms with E-state index in [1.165, 1.54) is 69.7 Å². The molecule has 2 saturated heterocycles. The molecule has 1 unspecified atom stereocenters. The Balaban J connectivity index is 1.09. The number of nitriles is 1. The molecule has 3 fully saturated rings. The number of hydrogen-bond acceptors (Lipinski definition) is 5. The zero-order valence-electron chi connectivity index (χ0n) is 18.6. The number of likely N-dealkylation sites (tertiary alicyclic amines) is 2. The van der Waals surface area contributed by atoms with Gasteiger partial charge in [-0.15, -0.1) is 0 Å². The first-order valence-corrected chi connectivity index (χ1v) is 11.9. The van der Waals surface area contributed by atoms with Crippen molar-refractivity contribution in [2.24, 2.45) is 17.8 Å². The van der Waals surface area contributed by atoms with Crippen molar-refractivity contribution < 1.29 is 4.74 Å². The molecular formula is C25H38N4O. The van der Waals surface area contributed by atoms with Crippen LogP contribution in [0.2, 0.25) is 0 Å². The minimum absolute atomic E-state index is 0.568. The molecule has 0 amide bonds. The van der Waals surface area contributed by atoms with E-state index in [1.807, 2.05) is 0 Å². The van der Waals surface area contributed by atoms with Gasteiger partial charge >= 0.3 is 0 Å². The molecule has 1 aliphatic carbocycles. The van der Waals surface area contributed by atoms with Gasteiger partial charge in [0.2, 0.25) is 0 Å². The topological polar surface area (TPSA) is 42.7 Å². The van der Waals surface area contributed by atoms with Crippen molar-refractivity contribution in [2.45, 2.75) is 38.6 Å². The third kappa shape index (κ3) is 5.75.